The summed E-state index contributed by atoms with van der Waals surface area (Å²) >= 11 is 0. The number of hydrogen-bond acceptors (Lipinski definition) is 5. The molecular formula is C24H23N3O4. The quantitative estimate of drug-likeness (QED) is 0.402. The van der Waals surface area contributed by atoms with Crippen molar-refractivity contribution in [3.05, 3.63) is 83.7 Å². The third kappa shape index (κ3) is 4.50. The van der Waals surface area contributed by atoms with E-state index in [9.17, 15) is 9.59 Å². The van der Waals surface area contributed by atoms with Crippen molar-refractivity contribution in [1.29, 1.82) is 0 Å². The molecule has 3 aromatic rings. The fourth-order valence-electron chi connectivity index (χ4n) is 3.95. The van der Waals surface area contributed by atoms with Crippen molar-refractivity contribution >= 4 is 23.4 Å². The minimum Gasteiger partial charge on any atom is -0.449 e. The predicted molar refractivity (Wildman–Crippen MR) is 118 cm³/mol. The number of aromatic nitrogens is 1. The minimum atomic E-state index is -1.32. The molecule has 1 aliphatic rings. The summed E-state index contributed by atoms with van der Waals surface area (Å²) in [5.41, 5.74) is 3.99. The van der Waals surface area contributed by atoms with Gasteiger partial charge in [0.2, 0.25) is 0 Å². The van der Waals surface area contributed by atoms with Gasteiger partial charge in [0.15, 0.2) is 0 Å². The van der Waals surface area contributed by atoms with E-state index in [2.05, 4.69) is 29.5 Å². The Hall–Kier alpha value is -3.87. The first-order chi connectivity index (χ1) is 14.8. The van der Waals surface area contributed by atoms with Crippen LogP contribution in [-0.2, 0) is 6.42 Å². The fraction of sp³-hybridized carbons (Fsp3) is 0.208. The van der Waals surface area contributed by atoms with Crippen LogP contribution in [0.4, 0.5) is 16.2 Å². The van der Waals surface area contributed by atoms with E-state index in [1.54, 1.807) is 36.5 Å². The fourth-order valence-corrected chi connectivity index (χ4v) is 3.95. The molecule has 0 saturated heterocycles. The molecule has 7 nitrogen and oxygen atoms in total. The monoisotopic (exact) mass is 417 g/mol. The zero-order valence-corrected chi connectivity index (χ0v) is 17.3. The molecule has 1 amide bonds. The van der Waals surface area contributed by atoms with Gasteiger partial charge in [-0.05, 0) is 65.4 Å². The Morgan fingerprint density at radius 1 is 1.13 bits per heavy atom. The van der Waals surface area contributed by atoms with Gasteiger partial charge in [-0.3, -0.25) is 9.78 Å². The van der Waals surface area contributed by atoms with E-state index < -0.39 is 6.16 Å². The first kappa shape index (κ1) is 20.4. The van der Waals surface area contributed by atoms with Gasteiger partial charge in [-0.2, -0.15) is 0 Å². The van der Waals surface area contributed by atoms with Gasteiger partial charge in [-0.25, -0.2) is 4.79 Å². The number of carboxylic acid groups (broad SMARTS) is 1. The number of anilines is 2. The molecule has 0 fully saturated rings. The number of hydrogen-bond donors (Lipinski definition) is 3. The highest BCUT2D eigenvalue weighted by Gasteiger charge is 2.36. The molecule has 0 radical (unpaired) electrons. The number of nitrogens with zero attached hydrogens (tertiary/aromatic N) is 1. The zero-order valence-electron chi connectivity index (χ0n) is 17.3. The van der Waals surface area contributed by atoms with Gasteiger partial charge in [-0.1, -0.05) is 32.0 Å². The lowest BCUT2D eigenvalue weighted by molar-refractivity contribution is 0.102. The molecule has 3 N–H and O–H groups in total. The van der Waals surface area contributed by atoms with Gasteiger partial charge in [0, 0.05) is 17.6 Å². The highest BCUT2D eigenvalue weighted by Crippen LogP contribution is 2.45. The van der Waals surface area contributed by atoms with Crippen LogP contribution in [0.25, 0.3) is 0 Å². The summed E-state index contributed by atoms with van der Waals surface area (Å²) in [5, 5.41) is 15.3. The molecule has 2 aromatic carbocycles. The number of ether oxygens (including phenoxy) is 1. The summed E-state index contributed by atoms with van der Waals surface area (Å²) < 4.78 is 4.79. The van der Waals surface area contributed by atoms with Gasteiger partial charge in [-0.15, -0.1) is 0 Å². The van der Waals surface area contributed by atoms with Crippen LogP contribution >= 0.6 is 0 Å². The molecule has 0 saturated carbocycles. The number of rotatable bonds is 4. The Morgan fingerprint density at radius 2 is 1.90 bits per heavy atom. The number of nitrogens with one attached hydrogen (secondary N) is 2. The molecule has 0 bridgehead atoms. The normalized spacial score (nSPS) is 16.5. The number of amides is 1. The third-order valence-corrected chi connectivity index (χ3v) is 5.41. The van der Waals surface area contributed by atoms with Crippen LogP contribution in [0.3, 0.4) is 0 Å². The van der Waals surface area contributed by atoms with Crippen LogP contribution in [0.15, 0.2) is 66.9 Å². The average molecular weight is 417 g/mol. The van der Waals surface area contributed by atoms with Crippen molar-refractivity contribution in [3.63, 3.8) is 0 Å². The van der Waals surface area contributed by atoms with E-state index in [1.165, 1.54) is 0 Å². The number of carbonyl (C=O) groups excluding carboxylic acids is 1. The molecule has 1 atom stereocenters. The van der Waals surface area contributed by atoms with Gasteiger partial charge in [0.05, 0.1) is 6.04 Å². The summed E-state index contributed by atoms with van der Waals surface area (Å²) in [6.45, 7) is 4.32. The molecule has 0 aliphatic carbocycles. The van der Waals surface area contributed by atoms with Crippen LogP contribution in [0.1, 0.15) is 41.5 Å². The molecule has 31 heavy (non-hydrogen) atoms. The molecule has 7 heteroatoms. The van der Waals surface area contributed by atoms with Gasteiger partial charge < -0.3 is 20.5 Å². The first-order valence-electron chi connectivity index (χ1n) is 9.94. The van der Waals surface area contributed by atoms with Gasteiger partial charge >= 0.3 is 6.16 Å². The molecule has 158 valence electrons. The van der Waals surface area contributed by atoms with Crippen molar-refractivity contribution in [2.45, 2.75) is 26.3 Å². The summed E-state index contributed by atoms with van der Waals surface area (Å²) in [4.78, 5) is 27.2. The van der Waals surface area contributed by atoms with Crippen molar-refractivity contribution in [2.24, 2.45) is 5.41 Å². The molecule has 1 aliphatic heterocycles. The van der Waals surface area contributed by atoms with E-state index in [0.717, 1.165) is 23.2 Å². The van der Waals surface area contributed by atoms with E-state index >= 15 is 0 Å². The van der Waals surface area contributed by atoms with E-state index in [-0.39, 0.29) is 17.4 Å². The smallest absolute Gasteiger partial charge is 0.449 e. The van der Waals surface area contributed by atoms with Crippen molar-refractivity contribution in [2.75, 3.05) is 10.6 Å². The topological polar surface area (TPSA) is 101 Å². The lowest BCUT2D eigenvalue weighted by Gasteiger charge is -2.41. The Morgan fingerprint density at radius 3 is 2.58 bits per heavy atom. The molecular weight excluding hydrogens is 394 g/mol. The lowest BCUT2D eigenvalue weighted by Crippen LogP contribution is -2.35. The van der Waals surface area contributed by atoms with E-state index in [1.807, 2.05) is 30.3 Å². The van der Waals surface area contributed by atoms with Crippen LogP contribution in [-0.4, -0.2) is 22.2 Å². The van der Waals surface area contributed by atoms with Crippen molar-refractivity contribution in [1.82, 2.24) is 4.98 Å². The standard InChI is InChI=1S/C24H23N3O4/c1-24(2)14-16-13-18(31-23(29)30)10-11-19(16)27-21(24)15-6-8-17(9-7-15)26-22(28)20-5-3-4-12-25-20/h3-13,21,27H,14H2,1-2H3,(H,26,28)(H,29,30). The summed E-state index contributed by atoms with van der Waals surface area (Å²) in [5.74, 6) is 0.0630. The van der Waals surface area contributed by atoms with Gasteiger partial charge in [0.25, 0.3) is 5.91 Å². The Labute approximate surface area is 180 Å². The Bertz CT molecular complexity index is 1110. The molecule has 2 heterocycles. The van der Waals surface area contributed by atoms with Crippen LogP contribution in [0.5, 0.6) is 5.75 Å². The minimum absolute atomic E-state index is 0.0479. The number of fused-ring (bicyclic) bond motifs is 1. The summed E-state index contributed by atoms with van der Waals surface area (Å²) in [6, 6.07) is 18.3. The first-order valence-corrected chi connectivity index (χ1v) is 9.94. The largest absolute Gasteiger partial charge is 0.511 e. The summed E-state index contributed by atoms with van der Waals surface area (Å²) in [6.07, 6.45) is 1.02. The maximum Gasteiger partial charge on any atom is 0.511 e. The van der Waals surface area contributed by atoms with Crippen molar-refractivity contribution < 1.29 is 19.4 Å². The maximum absolute atomic E-state index is 12.3. The Kier molecular flexibility index (Phi) is 5.33. The molecule has 0 spiro atoms. The van der Waals surface area contributed by atoms with E-state index in [0.29, 0.717) is 17.1 Å². The second kappa shape index (κ2) is 8.10. The van der Waals surface area contributed by atoms with Crippen molar-refractivity contribution in [3.8, 4) is 5.75 Å². The zero-order chi connectivity index (χ0) is 22.0. The maximum atomic E-state index is 12.3. The van der Waals surface area contributed by atoms with Crippen LogP contribution in [0.2, 0.25) is 0 Å². The number of benzene rings is 2. The van der Waals surface area contributed by atoms with E-state index in [4.69, 9.17) is 9.84 Å². The SMILES string of the molecule is CC1(C)Cc2cc(OC(=O)O)ccc2NC1c1ccc(NC(=O)c2ccccn2)cc1. The lowest BCUT2D eigenvalue weighted by atomic mass is 9.73. The Balaban J connectivity index is 1.51. The van der Waals surface area contributed by atoms with Crippen LogP contribution < -0.4 is 15.4 Å². The second-order valence-corrected chi connectivity index (χ2v) is 8.22. The highest BCUT2D eigenvalue weighted by atomic mass is 16.7. The molecule has 4 rings (SSSR count). The number of pyridine rings is 1. The summed E-state index contributed by atoms with van der Waals surface area (Å²) in [7, 11) is 0. The third-order valence-electron chi connectivity index (χ3n) is 5.41. The molecule has 1 unspecified atom stereocenters. The van der Waals surface area contributed by atoms with Gasteiger partial charge in [0.1, 0.15) is 11.4 Å². The molecule has 1 aromatic heterocycles. The average Bonchev–Trinajstić information content (AvgIpc) is 2.73. The highest BCUT2D eigenvalue weighted by molar-refractivity contribution is 6.02. The predicted octanol–water partition coefficient (Wildman–Crippen LogP) is 5.13. The number of carbonyl (C=O) groups is 2. The van der Waals surface area contributed by atoms with Crippen LogP contribution in [0, 0.1) is 5.41 Å². The second-order valence-electron chi connectivity index (χ2n) is 8.22.